The Bertz CT molecular complexity index is 1200. The fourth-order valence-electron chi connectivity index (χ4n) is 4.55. The first-order chi connectivity index (χ1) is 17.0. The molecule has 5 rings (SSSR count). The van der Waals surface area contributed by atoms with Crippen molar-refractivity contribution in [2.24, 2.45) is 0 Å². The number of amides is 1. The number of aromatic nitrogens is 3. The Labute approximate surface area is 201 Å². The molecule has 2 saturated heterocycles. The summed E-state index contributed by atoms with van der Waals surface area (Å²) in [5.74, 6) is 0.185. The Hall–Kier alpha value is -3.11. The fraction of sp³-hybridized carbons (Fsp3) is 0.480. The summed E-state index contributed by atoms with van der Waals surface area (Å²) in [5, 5.41) is 2.80. The van der Waals surface area contributed by atoms with Crippen LogP contribution in [0.15, 0.2) is 36.7 Å². The summed E-state index contributed by atoms with van der Waals surface area (Å²) < 4.78 is 45.4. The molecule has 1 amide bonds. The third kappa shape index (κ3) is 5.43. The van der Waals surface area contributed by atoms with Gasteiger partial charge in [-0.15, -0.1) is 0 Å². The first kappa shape index (κ1) is 23.6. The van der Waals surface area contributed by atoms with Crippen LogP contribution in [0.2, 0.25) is 0 Å². The van der Waals surface area contributed by atoms with E-state index < -0.39 is 18.0 Å². The predicted octanol–water partition coefficient (Wildman–Crippen LogP) is 4.76. The van der Waals surface area contributed by atoms with Gasteiger partial charge in [-0.1, -0.05) is 6.07 Å². The molecule has 0 aliphatic carbocycles. The van der Waals surface area contributed by atoms with E-state index in [1.54, 1.807) is 6.20 Å². The molecule has 2 aliphatic heterocycles. The largest absolute Gasteiger partial charge is 0.488 e. The number of alkyl halides is 2. The van der Waals surface area contributed by atoms with E-state index in [1.165, 1.54) is 18.2 Å². The summed E-state index contributed by atoms with van der Waals surface area (Å²) in [6.07, 6.45) is 4.19. The summed E-state index contributed by atoms with van der Waals surface area (Å²) in [5.41, 5.74) is 1.55. The van der Waals surface area contributed by atoms with Gasteiger partial charge in [-0.2, -0.15) is 0 Å². The molecule has 1 N–H and O–H groups in total. The fourth-order valence-corrected chi connectivity index (χ4v) is 4.55. The number of hydrogen-bond donors (Lipinski definition) is 1. The normalized spacial score (nSPS) is 21.4. The van der Waals surface area contributed by atoms with Crippen LogP contribution in [-0.4, -0.2) is 52.3 Å². The van der Waals surface area contributed by atoms with Gasteiger partial charge in [-0.25, -0.2) is 18.7 Å². The molecule has 2 fully saturated rings. The number of hydrogen-bond acceptors (Lipinski definition) is 6. The molecule has 0 bridgehead atoms. The summed E-state index contributed by atoms with van der Waals surface area (Å²) >= 11 is 0. The molecule has 2 aliphatic rings. The molecule has 0 saturated carbocycles. The van der Waals surface area contributed by atoms with Gasteiger partial charge in [-0.3, -0.25) is 4.79 Å². The van der Waals surface area contributed by atoms with Gasteiger partial charge in [0.2, 0.25) is 0 Å². The number of imidazole rings is 1. The Morgan fingerprint density at radius 1 is 1.17 bits per heavy atom. The van der Waals surface area contributed by atoms with Crippen molar-refractivity contribution in [2.45, 2.75) is 57.2 Å². The number of carbonyl (C=O) groups excluding carboxylic acids is 1. The van der Waals surface area contributed by atoms with Gasteiger partial charge in [0, 0.05) is 50.4 Å². The molecule has 0 unspecified atom stereocenters. The average Bonchev–Trinajstić information content (AvgIpc) is 3.27. The van der Waals surface area contributed by atoms with Gasteiger partial charge in [0.1, 0.15) is 34.6 Å². The van der Waals surface area contributed by atoms with E-state index >= 15 is 0 Å². The van der Waals surface area contributed by atoms with Crippen LogP contribution < -0.4 is 10.1 Å². The predicted molar refractivity (Wildman–Crippen MR) is 124 cm³/mol. The highest BCUT2D eigenvalue weighted by Gasteiger charge is 2.24. The number of fused-ring (bicyclic) bond motifs is 1. The summed E-state index contributed by atoms with van der Waals surface area (Å²) in [6.45, 7) is 4.01. The molecular formula is C25H28F2N4O4. The molecule has 3 aromatic heterocycles. The molecule has 35 heavy (non-hydrogen) atoms. The monoisotopic (exact) mass is 486 g/mol. The molecule has 2 atom stereocenters. The third-order valence-corrected chi connectivity index (χ3v) is 6.42. The van der Waals surface area contributed by atoms with Crippen LogP contribution in [0.3, 0.4) is 0 Å². The van der Waals surface area contributed by atoms with E-state index in [4.69, 9.17) is 19.2 Å². The Morgan fingerprint density at radius 3 is 2.77 bits per heavy atom. The molecule has 8 nitrogen and oxygen atoms in total. The molecule has 3 aromatic rings. The van der Waals surface area contributed by atoms with E-state index in [9.17, 15) is 13.6 Å². The van der Waals surface area contributed by atoms with Crippen molar-refractivity contribution in [3.8, 4) is 5.75 Å². The highest BCUT2D eigenvalue weighted by molar-refractivity contribution is 6.03. The maximum Gasteiger partial charge on any atom is 0.280 e. The standard InChI is InChI=1S/C25H28F2N4O4/c1-15-11-17(7-10-34-15)35-22-12-23-29-20(16-5-8-33-9-6-16)13-31(23)14-21(22)30-25(32)19-4-2-3-18(28-19)24(26)27/h2-4,12-17,24H,5-11H2,1H3,(H,30,32)/t15-,17+/m1/s1. The van der Waals surface area contributed by atoms with Crippen LogP contribution >= 0.6 is 0 Å². The molecule has 0 radical (unpaired) electrons. The first-order valence-electron chi connectivity index (χ1n) is 11.9. The Balaban J connectivity index is 1.46. The Kier molecular flexibility index (Phi) is 6.92. The van der Waals surface area contributed by atoms with Gasteiger partial charge in [0.15, 0.2) is 0 Å². The van der Waals surface area contributed by atoms with Crippen LogP contribution in [0.5, 0.6) is 5.75 Å². The van der Waals surface area contributed by atoms with E-state index in [1.807, 2.05) is 23.6 Å². The van der Waals surface area contributed by atoms with E-state index in [-0.39, 0.29) is 17.9 Å². The second kappa shape index (κ2) is 10.2. The van der Waals surface area contributed by atoms with Gasteiger partial charge in [0.05, 0.1) is 18.4 Å². The van der Waals surface area contributed by atoms with E-state index in [2.05, 4.69) is 10.3 Å². The van der Waals surface area contributed by atoms with Crippen LogP contribution in [0.1, 0.15) is 66.8 Å². The summed E-state index contributed by atoms with van der Waals surface area (Å²) in [4.78, 5) is 21.6. The van der Waals surface area contributed by atoms with Crippen LogP contribution in [0.25, 0.3) is 5.65 Å². The third-order valence-electron chi connectivity index (χ3n) is 6.42. The quantitative estimate of drug-likeness (QED) is 0.541. The lowest BCUT2D eigenvalue weighted by Gasteiger charge is -2.28. The lowest BCUT2D eigenvalue weighted by atomic mass is 9.97. The Morgan fingerprint density at radius 2 is 2.00 bits per heavy atom. The SMILES string of the molecule is C[C@@H]1C[C@@H](Oc2cc3nc(C4CCOCC4)cn3cc2NC(=O)c2cccc(C(F)F)n2)CCO1. The van der Waals surface area contributed by atoms with Crippen LogP contribution in [0, 0.1) is 0 Å². The molecule has 186 valence electrons. The molecular weight excluding hydrogens is 458 g/mol. The number of ether oxygens (including phenoxy) is 3. The number of pyridine rings is 2. The zero-order chi connectivity index (χ0) is 24.4. The molecule has 5 heterocycles. The van der Waals surface area contributed by atoms with Crippen molar-refractivity contribution >= 4 is 17.2 Å². The number of nitrogens with zero attached hydrogens (tertiary/aromatic N) is 3. The average molecular weight is 487 g/mol. The molecule has 0 spiro atoms. The first-order valence-corrected chi connectivity index (χ1v) is 11.9. The second-order valence-electron chi connectivity index (χ2n) is 9.02. The summed E-state index contributed by atoms with van der Waals surface area (Å²) in [6, 6.07) is 5.80. The van der Waals surface area contributed by atoms with Gasteiger partial charge in [0.25, 0.3) is 12.3 Å². The zero-order valence-corrected chi connectivity index (χ0v) is 19.5. The van der Waals surface area contributed by atoms with Crippen molar-refractivity contribution < 1.29 is 27.8 Å². The molecule has 10 heteroatoms. The topological polar surface area (TPSA) is 87.0 Å². The highest BCUT2D eigenvalue weighted by atomic mass is 19.3. The summed E-state index contributed by atoms with van der Waals surface area (Å²) in [7, 11) is 0. The lowest BCUT2D eigenvalue weighted by Crippen LogP contribution is -2.31. The highest BCUT2D eigenvalue weighted by Crippen LogP contribution is 2.33. The second-order valence-corrected chi connectivity index (χ2v) is 9.02. The number of halogens is 2. The minimum absolute atomic E-state index is 0.0726. The maximum absolute atomic E-state index is 13.1. The van der Waals surface area contributed by atoms with Crippen LogP contribution in [-0.2, 0) is 9.47 Å². The van der Waals surface area contributed by atoms with E-state index in [0.29, 0.717) is 42.8 Å². The zero-order valence-electron chi connectivity index (χ0n) is 19.5. The van der Waals surface area contributed by atoms with Crippen molar-refractivity contribution in [2.75, 3.05) is 25.1 Å². The van der Waals surface area contributed by atoms with Crippen molar-refractivity contribution in [1.29, 1.82) is 0 Å². The number of carbonyl (C=O) groups is 1. The number of nitrogens with one attached hydrogen (secondary N) is 1. The van der Waals surface area contributed by atoms with Crippen molar-refractivity contribution in [1.82, 2.24) is 14.4 Å². The van der Waals surface area contributed by atoms with Gasteiger partial charge < -0.3 is 23.9 Å². The van der Waals surface area contributed by atoms with Gasteiger partial charge in [-0.05, 0) is 31.9 Å². The lowest BCUT2D eigenvalue weighted by molar-refractivity contribution is -0.0250. The maximum atomic E-state index is 13.1. The minimum atomic E-state index is -2.76. The van der Waals surface area contributed by atoms with Crippen molar-refractivity contribution in [3.63, 3.8) is 0 Å². The van der Waals surface area contributed by atoms with Crippen LogP contribution in [0.4, 0.5) is 14.5 Å². The number of rotatable bonds is 6. The van der Waals surface area contributed by atoms with E-state index in [0.717, 1.165) is 31.4 Å². The smallest absolute Gasteiger partial charge is 0.280 e. The molecule has 0 aromatic carbocycles. The minimum Gasteiger partial charge on any atom is -0.488 e. The van der Waals surface area contributed by atoms with Crippen molar-refractivity contribution in [3.05, 3.63) is 53.7 Å². The van der Waals surface area contributed by atoms with Gasteiger partial charge >= 0.3 is 0 Å². The number of anilines is 1.